The standard InChI is InChI=1S/C15H21N5O/c16-14-9-5-4-8-13(14)15-17-18-19-20(15)10-11-21-12-6-2-1-3-7-12/h4-5,8-9,12H,1-3,6-7,10-11,16H2. The van der Waals surface area contributed by atoms with Gasteiger partial charge in [0.05, 0.1) is 19.3 Å². The van der Waals surface area contributed by atoms with Crippen molar-refractivity contribution in [2.24, 2.45) is 0 Å². The van der Waals surface area contributed by atoms with Crippen molar-refractivity contribution in [3.8, 4) is 11.4 Å². The number of aromatic nitrogens is 4. The van der Waals surface area contributed by atoms with Gasteiger partial charge in [-0.05, 0) is 35.4 Å². The second kappa shape index (κ2) is 6.67. The molecular weight excluding hydrogens is 266 g/mol. The Labute approximate surface area is 124 Å². The van der Waals surface area contributed by atoms with Gasteiger partial charge in [0.25, 0.3) is 0 Å². The molecule has 0 atom stereocenters. The second-order valence-electron chi connectivity index (χ2n) is 5.44. The minimum atomic E-state index is 0.403. The summed E-state index contributed by atoms with van der Waals surface area (Å²) in [5.41, 5.74) is 7.53. The lowest BCUT2D eigenvalue weighted by molar-refractivity contribution is 0.0228. The van der Waals surface area contributed by atoms with Crippen LogP contribution in [-0.2, 0) is 11.3 Å². The van der Waals surface area contributed by atoms with Crippen molar-refractivity contribution in [1.82, 2.24) is 20.2 Å². The molecule has 1 saturated carbocycles. The number of ether oxygens (including phenoxy) is 1. The summed E-state index contributed by atoms with van der Waals surface area (Å²) in [7, 11) is 0. The SMILES string of the molecule is Nc1ccccc1-c1nnnn1CCOC1CCCCC1. The van der Waals surface area contributed by atoms with E-state index in [0.717, 1.165) is 5.56 Å². The molecule has 1 aliphatic rings. The van der Waals surface area contributed by atoms with Gasteiger partial charge < -0.3 is 10.5 Å². The van der Waals surface area contributed by atoms with Gasteiger partial charge in [-0.1, -0.05) is 31.4 Å². The highest BCUT2D eigenvalue weighted by atomic mass is 16.5. The Hall–Kier alpha value is -1.95. The van der Waals surface area contributed by atoms with E-state index in [1.165, 1.54) is 32.1 Å². The molecule has 0 bridgehead atoms. The van der Waals surface area contributed by atoms with Gasteiger partial charge in [-0.2, -0.15) is 0 Å². The molecule has 0 spiro atoms. The van der Waals surface area contributed by atoms with Crippen LogP contribution in [0, 0.1) is 0 Å². The van der Waals surface area contributed by atoms with E-state index in [4.69, 9.17) is 10.5 Å². The summed E-state index contributed by atoms with van der Waals surface area (Å²) in [5, 5.41) is 11.9. The maximum Gasteiger partial charge on any atom is 0.184 e. The first kappa shape index (κ1) is 14.0. The quantitative estimate of drug-likeness (QED) is 0.853. The zero-order chi connectivity index (χ0) is 14.5. The summed E-state index contributed by atoms with van der Waals surface area (Å²) < 4.78 is 7.69. The maximum atomic E-state index is 5.99. The van der Waals surface area contributed by atoms with E-state index >= 15 is 0 Å². The molecule has 0 saturated heterocycles. The van der Waals surface area contributed by atoms with Gasteiger partial charge in [-0.15, -0.1) is 5.10 Å². The average Bonchev–Trinajstić information content (AvgIpc) is 2.97. The largest absolute Gasteiger partial charge is 0.398 e. The fourth-order valence-electron chi connectivity index (χ4n) is 2.79. The van der Waals surface area contributed by atoms with Crippen LogP contribution in [0.2, 0.25) is 0 Å². The molecule has 0 aliphatic heterocycles. The first-order valence-corrected chi connectivity index (χ1v) is 7.57. The van der Waals surface area contributed by atoms with Crippen LogP contribution in [-0.4, -0.2) is 32.9 Å². The highest BCUT2D eigenvalue weighted by molar-refractivity contribution is 5.70. The number of benzene rings is 1. The molecule has 1 fully saturated rings. The van der Waals surface area contributed by atoms with Gasteiger partial charge in [0, 0.05) is 11.3 Å². The Balaban J connectivity index is 1.62. The molecule has 2 aromatic rings. The molecule has 0 unspecified atom stereocenters. The van der Waals surface area contributed by atoms with Gasteiger partial charge in [-0.25, -0.2) is 4.68 Å². The summed E-state index contributed by atoms with van der Waals surface area (Å²) in [5.74, 6) is 0.695. The number of hydrogen-bond acceptors (Lipinski definition) is 5. The van der Waals surface area contributed by atoms with Crippen molar-refractivity contribution in [3.05, 3.63) is 24.3 Å². The van der Waals surface area contributed by atoms with E-state index in [2.05, 4.69) is 15.5 Å². The van der Waals surface area contributed by atoms with Crippen LogP contribution < -0.4 is 5.73 Å². The fraction of sp³-hybridized carbons (Fsp3) is 0.533. The molecule has 3 rings (SSSR count). The summed E-state index contributed by atoms with van der Waals surface area (Å²) in [6.07, 6.45) is 6.65. The molecule has 6 nitrogen and oxygen atoms in total. The Morgan fingerprint density at radius 3 is 2.81 bits per heavy atom. The van der Waals surface area contributed by atoms with Crippen LogP contribution in [0.4, 0.5) is 5.69 Å². The number of anilines is 1. The molecule has 112 valence electrons. The number of hydrogen-bond donors (Lipinski definition) is 1. The zero-order valence-electron chi connectivity index (χ0n) is 12.1. The van der Waals surface area contributed by atoms with Crippen LogP contribution in [0.3, 0.4) is 0 Å². The van der Waals surface area contributed by atoms with E-state index in [0.29, 0.717) is 30.8 Å². The van der Waals surface area contributed by atoms with Gasteiger partial charge in [0.2, 0.25) is 0 Å². The van der Waals surface area contributed by atoms with Crippen LogP contribution in [0.25, 0.3) is 11.4 Å². The van der Waals surface area contributed by atoms with Crippen molar-refractivity contribution in [3.63, 3.8) is 0 Å². The first-order valence-electron chi connectivity index (χ1n) is 7.57. The Kier molecular flexibility index (Phi) is 4.45. The summed E-state index contributed by atoms with van der Waals surface area (Å²) >= 11 is 0. The zero-order valence-corrected chi connectivity index (χ0v) is 12.1. The minimum absolute atomic E-state index is 0.403. The maximum absolute atomic E-state index is 5.99. The monoisotopic (exact) mass is 287 g/mol. The fourth-order valence-corrected chi connectivity index (χ4v) is 2.79. The van der Waals surface area contributed by atoms with Crippen LogP contribution in [0.15, 0.2) is 24.3 Å². The number of nitrogens with zero attached hydrogens (tertiary/aromatic N) is 4. The van der Waals surface area contributed by atoms with Crippen LogP contribution >= 0.6 is 0 Å². The van der Waals surface area contributed by atoms with Gasteiger partial charge in [0.1, 0.15) is 0 Å². The van der Waals surface area contributed by atoms with Crippen molar-refractivity contribution in [2.75, 3.05) is 12.3 Å². The Bertz CT molecular complexity index is 577. The van der Waals surface area contributed by atoms with Gasteiger partial charge in [-0.3, -0.25) is 0 Å². The number of tetrazole rings is 1. The van der Waals surface area contributed by atoms with E-state index in [1.54, 1.807) is 4.68 Å². The van der Waals surface area contributed by atoms with Gasteiger partial charge in [0.15, 0.2) is 5.82 Å². The van der Waals surface area contributed by atoms with Crippen LogP contribution in [0.1, 0.15) is 32.1 Å². The van der Waals surface area contributed by atoms with E-state index < -0.39 is 0 Å². The molecule has 1 aliphatic carbocycles. The summed E-state index contributed by atoms with van der Waals surface area (Å²) in [4.78, 5) is 0. The molecular formula is C15H21N5O. The molecule has 1 heterocycles. The third-order valence-electron chi connectivity index (χ3n) is 3.94. The third-order valence-corrected chi connectivity index (χ3v) is 3.94. The minimum Gasteiger partial charge on any atom is -0.398 e. The Morgan fingerprint density at radius 2 is 2.00 bits per heavy atom. The number of para-hydroxylation sites is 1. The topological polar surface area (TPSA) is 78.9 Å². The van der Waals surface area contributed by atoms with E-state index in [9.17, 15) is 0 Å². The van der Waals surface area contributed by atoms with E-state index in [1.807, 2.05) is 24.3 Å². The molecule has 21 heavy (non-hydrogen) atoms. The lowest BCUT2D eigenvalue weighted by atomic mass is 9.98. The molecule has 1 aromatic heterocycles. The second-order valence-corrected chi connectivity index (χ2v) is 5.44. The lowest BCUT2D eigenvalue weighted by Gasteiger charge is -2.21. The van der Waals surface area contributed by atoms with Crippen molar-refractivity contribution >= 4 is 5.69 Å². The molecule has 2 N–H and O–H groups in total. The summed E-state index contributed by atoms with van der Waals surface area (Å²) in [6, 6.07) is 7.62. The van der Waals surface area contributed by atoms with E-state index in [-0.39, 0.29) is 0 Å². The highest BCUT2D eigenvalue weighted by Gasteiger charge is 2.15. The molecule has 6 heteroatoms. The predicted octanol–water partition coefficient (Wildman–Crippen LogP) is 2.27. The normalized spacial score (nSPS) is 16.2. The Morgan fingerprint density at radius 1 is 1.19 bits per heavy atom. The molecule has 1 aromatic carbocycles. The lowest BCUT2D eigenvalue weighted by Crippen LogP contribution is -2.20. The molecule has 0 amide bonds. The number of rotatable bonds is 5. The smallest absolute Gasteiger partial charge is 0.184 e. The number of nitrogen functional groups attached to an aromatic ring is 1. The summed E-state index contributed by atoms with van der Waals surface area (Å²) in [6.45, 7) is 1.28. The number of nitrogens with two attached hydrogens (primary N) is 1. The van der Waals surface area contributed by atoms with Gasteiger partial charge >= 0.3 is 0 Å². The average molecular weight is 287 g/mol. The molecule has 0 radical (unpaired) electrons. The van der Waals surface area contributed by atoms with Crippen molar-refractivity contribution < 1.29 is 4.74 Å². The highest BCUT2D eigenvalue weighted by Crippen LogP contribution is 2.23. The first-order chi connectivity index (χ1) is 10.3. The predicted molar refractivity (Wildman–Crippen MR) is 80.5 cm³/mol. The third kappa shape index (κ3) is 3.39. The van der Waals surface area contributed by atoms with Crippen LogP contribution in [0.5, 0.6) is 0 Å². The van der Waals surface area contributed by atoms with Crippen molar-refractivity contribution in [2.45, 2.75) is 44.8 Å². The van der Waals surface area contributed by atoms with Crippen molar-refractivity contribution in [1.29, 1.82) is 0 Å².